The van der Waals surface area contributed by atoms with E-state index in [2.05, 4.69) is 64.9 Å². The first kappa shape index (κ1) is 34.2. The van der Waals surface area contributed by atoms with Gasteiger partial charge in [-0.25, -0.2) is 0 Å². The topological polar surface area (TPSA) is 77.3 Å². The third-order valence-corrected chi connectivity index (χ3v) is 5.97. The van der Waals surface area contributed by atoms with Crippen LogP contribution in [0.3, 0.4) is 0 Å². The third kappa shape index (κ3) is 11.1. The van der Waals surface area contributed by atoms with Crippen molar-refractivity contribution in [2.24, 2.45) is 0 Å². The van der Waals surface area contributed by atoms with Crippen LogP contribution >= 0.6 is 15.9 Å². The Bertz CT molecular complexity index is 1410. The Morgan fingerprint density at radius 3 is 1.21 bits per heavy atom. The Kier molecular flexibility index (Phi) is 15.6. The normalized spacial score (nSPS) is 9.48. The van der Waals surface area contributed by atoms with Gasteiger partial charge in [-0.05, 0) is 97.3 Å². The zero-order valence-electron chi connectivity index (χ0n) is 22.5. The van der Waals surface area contributed by atoms with Gasteiger partial charge in [-0.1, -0.05) is 47.6 Å². The Morgan fingerprint density at radius 2 is 0.857 bits per heavy atom. The van der Waals surface area contributed by atoms with Crippen LogP contribution in [0.25, 0.3) is 34.2 Å². The van der Waals surface area contributed by atoms with Crippen LogP contribution < -0.4 is 0 Å². The zero-order chi connectivity index (χ0) is 27.8. The van der Waals surface area contributed by atoms with E-state index < -0.39 is 0 Å². The average Bonchev–Trinajstić information content (AvgIpc) is 3.04. The number of hydrogen-bond acceptors (Lipinski definition) is 6. The van der Waals surface area contributed by atoms with E-state index in [4.69, 9.17) is 0 Å². The summed E-state index contributed by atoms with van der Waals surface area (Å²) in [5, 5.41) is 0.970. The number of nitrogens with zero attached hydrogens (tertiary/aromatic N) is 6. The van der Waals surface area contributed by atoms with E-state index >= 15 is 0 Å². The number of aryl methyl sites for hydroxylation is 2. The van der Waals surface area contributed by atoms with E-state index in [0.29, 0.717) is 0 Å². The summed E-state index contributed by atoms with van der Waals surface area (Å²) < 4.78 is 0. The Balaban J connectivity index is 0.000000218. The van der Waals surface area contributed by atoms with Gasteiger partial charge in [0, 0.05) is 62.0 Å². The Hall–Kier alpha value is -4.00. The van der Waals surface area contributed by atoms with Crippen molar-refractivity contribution in [3.63, 3.8) is 0 Å². The van der Waals surface area contributed by atoms with Crippen LogP contribution in [-0.4, -0.2) is 35.2 Å². The van der Waals surface area contributed by atoms with Crippen LogP contribution in [0, 0.1) is 6.92 Å². The van der Waals surface area contributed by atoms with Crippen LogP contribution in [0.4, 0.5) is 0 Å². The molecule has 0 atom stereocenters. The molecule has 6 rings (SSSR count). The minimum atomic E-state index is 0. The van der Waals surface area contributed by atoms with Gasteiger partial charge in [0.05, 0.1) is 34.2 Å². The summed E-state index contributed by atoms with van der Waals surface area (Å²) in [5.41, 5.74) is 8.04. The standard InChI is InChI=1S/C13H13BrN2.2C10H8N2.CH4.Ru/c1-10-3-6-15-12(8-10)13-9-11(2-5-14)4-7-16-13;2*1-3-7-11-9(5-1)10-6-2-4-8-12-10;;/h3-4,6-9H,2,5H2,1H3;2*1-8H;1H4;. The van der Waals surface area contributed by atoms with E-state index in [1.165, 1.54) is 11.1 Å². The molecule has 0 saturated heterocycles. The Labute approximate surface area is 269 Å². The van der Waals surface area contributed by atoms with E-state index in [9.17, 15) is 0 Å². The van der Waals surface area contributed by atoms with Gasteiger partial charge in [-0.2, -0.15) is 0 Å². The minimum Gasteiger partial charge on any atom is -0.255 e. The molecule has 0 unspecified atom stereocenters. The van der Waals surface area contributed by atoms with Gasteiger partial charge in [0.2, 0.25) is 0 Å². The smallest absolute Gasteiger partial charge is 0.0888 e. The summed E-state index contributed by atoms with van der Waals surface area (Å²) in [7, 11) is 0. The van der Waals surface area contributed by atoms with Gasteiger partial charge >= 0.3 is 0 Å². The summed E-state index contributed by atoms with van der Waals surface area (Å²) in [6, 6.07) is 31.4. The quantitative estimate of drug-likeness (QED) is 0.133. The summed E-state index contributed by atoms with van der Waals surface area (Å²) in [5.74, 6) is 0. The third-order valence-electron chi connectivity index (χ3n) is 5.57. The fraction of sp³-hybridized carbons (Fsp3) is 0.118. The largest absolute Gasteiger partial charge is 0.255 e. The molecule has 6 heterocycles. The van der Waals surface area contributed by atoms with Crippen LogP contribution in [0.2, 0.25) is 0 Å². The van der Waals surface area contributed by atoms with Gasteiger partial charge in [0.15, 0.2) is 0 Å². The van der Waals surface area contributed by atoms with Crippen molar-refractivity contribution in [2.75, 3.05) is 5.33 Å². The van der Waals surface area contributed by atoms with E-state index in [1.54, 1.807) is 24.8 Å². The van der Waals surface area contributed by atoms with Crippen LogP contribution in [0.15, 0.2) is 134 Å². The second-order valence-electron chi connectivity index (χ2n) is 8.57. The van der Waals surface area contributed by atoms with Gasteiger partial charge in [-0.3, -0.25) is 29.9 Å². The maximum absolute atomic E-state index is 4.36. The number of rotatable bonds is 5. The Morgan fingerprint density at radius 1 is 0.476 bits per heavy atom. The molecule has 0 bridgehead atoms. The first-order valence-electron chi connectivity index (χ1n) is 12.8. The van der Waals surface area contributed by atoms with Crippen molar-refractivity contribution in [3.05, 3.63) is 145 Å². The molecule has 0 amide bonds. The van der Waals surface area contributed by atoms with Crippen molar-refractivity contribution in [1.29, 1.82) is 0 Å². The first-order chi connectivity index (χ1) is 19.7. The molecule has 42 heavy (non-hydrogen) atoms. The molecule has 0 aliphatic rings. The van der Waals surface area contributed by atoms with Crippen LogP contribution in [-0.2, 0) is 25.9 Å². The van der Waals surface area contributed by atoms with Gasteiger partial charge < -0.3 is 0 Å². The molecular formula is C34H33BrN6Ru. The summed E-state index contributed by atoms with van der Waals surface area (Å²) in [6.45, 7) is 2.06. The molecule has 0 fully saturated rings. The number of hydrogen-bond donors (Lipinski definition) is 0. The molecule has 0 aromatic carbocycles. The monoisotopic (exact) mass is 706 g/mol. The zero-order valence-corrected chi connectivity index (χ0v) is 25.9. The van der Waals surface area contributed by atoms with E-state index in [0.717, 1.165) is 45.9 Å². The van der Waals surface area contributed by atoms with Crippen LogP contribution in [0.5, 0.6) is 0 Å². The minimum absolute atomic E-state index is 0. The molecule has 0 aliphatic carbocycles. The first-order valence-corrected chi connectivity index (χ1v) is 13.9. The maximum Gasteiger partial charge on any atom is 0.0888 e. The molecule has 0 N–H and O–H groups in total. The van der Waals surface area contributed by atoms with Gasteiger partial charge in [-0.15, -0.1) is 0 Å². The fourth-order valence-electron chi connectivity index (χ4n) is 3.61. The fourth-order valence-corrected chi connectivity index (χ4v) is 4.07. The summed E-state index contributed by atoms with van der Waals surface area (Å²) in [4.78, 5) is 25.4. The molecule has 6 aromatic rings. The molecule has 0 aliphatic heterocycles. The van der Waals surface area contributed by atoms with Crippen molar-refractivity contribution < 1.29 is 19.5 Å². The van der Waals surface area contributed by atoms with Crippen molar-refractivity contribution in [2.45, 2.75) is 20.8 Å². The average molecular weight is 707 g/mol. The maximum atomic E-state index is 4.36. The number of alkyl halides is 1. The van der Waals surface area contributed by atoms with E-state index in [1.807, 2.05) is 97.3 Å². The predicted molar refractivity (Wildman–Crippen MR) is 171 cm³/mol. The van der Waals surface area contributed by atoms with E-state index in [-0.39, 0.29) is 26.9 Å². The molecule has 8 heteroatoms. The molecular weight excluding hydrogens is 673 g/mol. The van der Waals surface area contributed by atoms with Crippen LogP contribution in [0.1, 0.15) is 18.6 Å². The molecule has 6 nitrogen and oxygen atoms in total. The molecule has 0 spiro atoms. The number of halogens is 1. The van der Waals surface area contributed by atoms with Crippen molar-refractivity contribution >= 4 is 15.9 Å². The molecule has 214 valence electrons. The number of aromatic nitrogens is 6. The van der Waals surface area contributed by atoms with Crippen molar-refractivity contribution in [1.82, 2.24) is 29.9 Å². The number of pyridine rings is 6. The molecule has 6 aromatic heterocycles. The summed E-state index contributed by atoms with van der Waals surface area (Å²) >= 11 is 3.44. The molecule has 0 radical (unpaired) electrons. The SMILES string of the molecule is C.Cc1ccnc(-c2cc(CCBr)ccn2)c1.[Ru].c1ccc(-c2ccccn2)nc1.c1ccc(-c2ccccn2)nc1. The second kappa shape index (κ2) is 19.2. The van der Waals surface area contributed by atoms with Crippen molar-refractivity contribution in [3.8, 4) is 34.2 Å². The predicted octanol–water partition coefficient (Wildman–Crippen LogP) is 8.31. The molecule has 0 saturated carbocycles. The second-order valence-corrected chi connectivity index (χ2v) is 9.36. The van der Waals surface area contributed by atoms with Gasteiger partial charge in [0.1, 0.15) is 0 Å². The van der Waals surface area contributed by atoms with Gasteiger partial charge in [0.25, 0.3) is 0 Å². The summed E-state index contributed by atoms with van der Waals surface area (Å²) in [6.07, 6.45) is 11.8.